The summed E-state index contributed by atoms with van der Waals surface area (Å²) in [7, 11) is 0. The predicted molar refractivity (Wildman–Crippen MR) is 112 cm³/mol. The average molecular weight is 415 g/mol. The highest BCUT2D eigenvalue weighted by molar-refractivity contribution is 5.89. The number of H-pyrrole nitrogens is 1. The minimum absolute atomic E-state index is 0.218. The smallest absolute Gasteiger partial charge is 0.245 e. The number of halogens is 1. The van der Waals surface area contributed by atoms with Crippen LogP contribution in [0.25, 0.3) is 22.6 Å². The summed E-state index contributed by atoms with van der Waals surface area (Å²) in [6.07, 6.45) is 3.28. The average Bonchev–Trinajstić information content (AvgIpc) is 3.45. The molecule has 3 aromatic heterocycles. The maximum Gasteiger partial charge on any atom is 0.245 e. The van der Waals surface area contributed by atoms with E-state index < -0.39 is 0 Å². The van der Waals surface area contributed by atoms with Gasteiger partial charge < -0.3 is 5.32 Å². The lowest BCUT2D eigenvalue weighted by Gasteiger charge is -2.09. The standard InChI is InChI=1S/C20H14FN9O/c21-14-6-8-15(9-7-14)24-17-18(26-20-19(25-17)29-31-30-20)28-23-11-13-10-22-27-16(13)12-4-2-1-3-5-12/h1-11H,(H,22,27)(H,24,25,29)(H,26,28,30)/b23-11+. The lowest BCUT2D eigenvalue weighted by atomic mass is 10.1. The van der Waals surface area contributed by atoms with E-state index >= 15 is 0 Å². The van der Waals surface area contributed by atoms with Crippen LogP contribution in [-0.4, -0.2) is 36.7 Å². The zero-order chi connectivity index (χ0) is 21.0. The number of fused-ring (bicyclic) bond motifs is 1. The van der Waals surface area contributed by atoms with E-state index in [0.29, 0.717) is 11.5 Å². The molecule has 0 amide bonds. The summed E-state index contributed by atoms with van der Waals surface area (Å²) in [5, 5.41) is 21.8. The molecule has 0 radical (unpaired) electrons. The van der Waals surface area contributed by atoms with E-state index in [1.54, 1.807) is 24.5 Å². The van der Waals surface area contributed by atoms with Crippen LogP contribution in [0.3, 0.4) is 0 Å². The fourth-order valence-electron chi connectivity index (χ4n) is 2.87. The number of hydrogen-bond donors (Lipinski definition) is 3. The molecule has 10 nitrogen and oxygen atoms in total. The van der Waals surface area contributed by atoms with E-state index in [0.717, 1.165) is 16.8 Å². The third kappa shape index (κ3) is 3.92. The molecule has 0 aliphatic carbocycles. The molecule has 0 saturated carbocycles. The third-order valence-electron chi connectivity index (χ3n) is 4.33. The van der Waals surface area contributed by atoms with Crippen LogP contribution in [0.4, 0.5) is 21.7 Å². The van der Waals surface area contributed by atoms with Gasteiger partial charge in [0.25, 0.3) is 0 Å². The highest BCUT2D eigenvalue weighted by Gasteiger charge is 2.13. The van der Waals surface area contributed by atoms with E-state index in [9.17, 15) is 4.39 Å². The molecule has 0 unspecified atom stereocenters. The lowest BCUT2D eigenvalue weighted by molar-refractivity contribution is 0.314. The summed E-state index contributed by atoms with van der Waals surface area (Å²) < 4.78 is 17.9. The van der Waals surface area contributed by atoms with Gasteiger partial charge in [0, 0.05) is 16.8 Å². The zero-order valence-electron chi connectivity index (χ0n) is 15.8. The summed E-state index contributed by atoms with van der Waals surface area (Å²) >= 11 is 0. The van der Waals surface area contributed by atoms with E-state index in [1.807, 2.05) is 30.3 Å². The monoisotopic (exact) mass is 415 g/mol. The maximum absolute atomic E-state index is 13.2. The second-order valence-electron chi connectivity index (χ2n) is 6.40. The van der Waals surface area contributed by atoms with Crippen molar-refractivity contribution < 1.29 is 9.02 Å². The van der Waals surface area contributed by atoms with Crippen LogP contribution in [0.2, 0.25) is 0 Å². The molecule has 0 bridgehead atoms. The first-order valence-electron chi connectivity index (χ1n) is 9.17. The molecule has 0 atom stereocenters. The van der Waals surface area contributed by atoms with Gasteiger partial charge >= 0.3 is 0 Å². The topological polar surface area (TPSA) is 130 Å². The lowest BCUT2D eigenvalue weighted by Crippen LogP contribution is -2.03. The van der Waals surface area contributed by atoms with Gasteiger partial charge in [-0.3, -0.25) is 10.5 Å². The molecule has 3 N–H and O–H groups in total. The second kappa shape index (κ2) is 7.99. The van der Waals surface area contributed by atoms with E-state index in [-0.39, 0.29) is 22.9 Å². The Bertz CT molecular complexity index is 1350. The number of hydrogen-bond acceptors (Lipinski definition) is 9. The van der Waals surface area contributed by atoms with Crippen LogP contribution < -0.4 is 10.7 Å². The number of hydrazone groups is 1. The van der Waals surface area contributed by atoms with Gasteiger partial charge in [-0.25, -0.2) is 14.0 Å². The van der Waals surface area contributed by atoms with E-state index in [2.05, 4.69) is 51.0 Å². The first-order valence-corrected chi connectivity index (χ1v) is 9.17. The quantitative estimate of drug-likeness (QED) is 0.282. The number of nitrogens with zero attached hydrogens (tertiary/aromatic N) is 6. The van der Waals surface area contributed by atoms with Gasteiger partial charge in [0.15, 0.2) is 11.6 Å². The summed E-state index contributed by atoms with van der Waals surface area (Å²) in [6, 6.07) is 15.6. The number of aromatic nitrogens is 6. The highest BCUT2D eigenvalue weighted by Crippen LogP contribution is 2.24. The number of anilines is 3. The molecule has 31 heavy (non-hydrogen) atoms. The SMILES string of the molecule is Fc1ccc(Nc2nc3nonc3nc2N/N=C/c2cn[nH]c2-c2ccccc2)cc1. The van der Waals surface area contributed by atoms with Crippen LogP contribution >= 0.6 is 0 Å². The maximum atomic E-state index is 13.2. The molecule has 2 aromatic carbocycles. The van der Waals surface area contributed by atoms with Crippen LogP contribution in [-0.2, 0) is 0 Å². The zero-order valence-corrected chi connectivity index (χ0v) is 15.8. The number of rotatable bonds is 6. The molecule has 152 valence electrons. The molecule has 3 heterocycles. The third-order valence-corrected chi connectivity index (χ3v) is 4.33. The fraction of sp³-hybridized carbons (Fsp3) is 0. The molecule has 0 saturated heterocycles. The molecule has 0 spiro atoms. The Labute approximate surface area is 174 Å². The summed E-state index contributed by atoms with van der Waals surface area (Å²) in [5.41, 5.74) is 6.50. The number of benzene rings is 2. The van der Waals surface area contributed by atoms with Crippen molar-refractivity contribution in [3.05, 3.63) is 72.2 Å². The van der Waals surface area contributed by atoms with Gasteiger partial charge in [-0.1, -0.05) is 30.3 Å². The van der Waals surface area contributed by atoms with Gasteiger partial charge in [-0.05, 0) is 34.6 Å². The molecular weight excluding hydrogens is 401 g/mol. The van der Waals surface area contributed by atoms with Gasteiger partial charge in [-0.2, -0.15) is 15.2 Å². The fourth-order valence-corrected chi connectivity index (χ4v) is 2.87. The first-order chi connectivity index (χ1) is 15.3. The Hall–Kier alpha value is -4.67. The molecule has 0 aliphatic rings. The van der Waals surface area contributed by atoms with Crippen molar-refractivity contribution in [2.24, 2.45) is 5.10 Å². The van der Waals surface area contributed by atoms with Gasteiger partial charge in [-0.15, -0.1) is 0 Å². The van der Waals surface area contributed by atoms with Gasteiger partial charge in [0.2, 0.25) is 11.3 Å². The number of nitrogens with one attached hydrogen (secondary N) is 3. The van der Waals surface area contributed by atoms with Crippen molar-refractivity contribution in [3.63, 3.8) is 0 Å². The van der Waals surface area contributed by atoms with Crippen LogP contribution in [0.1, 0.15) is 5.56 Å². The summed E-state index contributed by atoms with van der Waals surface area (Å²) in [6.45, 7) is 0. The minimum atomic E-state index is -0.343. The molecule has 11 heteroatoms. The van der Waals surface area contributed by atoms with Crippen LogP contribution in [0.15, 0.2) is 70.5 Å². The Morgan fingerprint density at radius 3 is 2.45 bits per heavy atom. The Morgan fingerprint density at radius 2 is 1.68 bits per heavy atom. The molecule has 5 aromatic rings. The molecule has 0 fully saturated rings. The Kier molecular flexibility index (Phi) is 4.73. The van der Waals surface area contributed by atoms with Crippen LogP contribution in [0.5, 0.6) is 0 Å². The van der Waals surface area contributed by atoms with E-state index in [4.69, 9.17) is 0 Å². The highest BCUT2D eigenvalue weighted by atomic mass is 19.1. The molecule has 5 rings (SSSR count). The minimum Gasteiger partial charge on any atom is -0.337 e. The summed E-state index contributed by atoms with van der Waals surface area (Å²) in [5.74, 6) is 0.265. The first kappa shape index (κ1) is 18.4. The second-order valence-corrected chi connectivity index (χ2v) is 6.40. The molecule has 0 aliphatic heterocycles. The van der Waals surface area contributed by atoms with Crippen LogP contribution in [0, 0.1) is 5.82 Å². The summed E-state index contributed by atoms with van der Waals surface area (Å²) in [4.78, 5) is 8.68. The van der Waals surface area contributed by atoms with Gasteiger partial charge in [0.1, 0.15) is 5.82 Å². The largest absolute Gasteiger partial charge is 0.337 e. The van der Waals surface area contributed by atoms with Crippen molar-refractivity contribution in [3.8, 4) is 11.3 Å². The van der Waals surface area contributed by atoms with Crippen molar-refractivity contribution in [1.29, 1.82) is 0 Å². The van der Waals surface area contributed by atoms with Crippen molar-refractivity contribution in [2.45, 2.75) is 0 Å². The van der Waals surface area contributed by atoms with Crippen molar-refractivity contribution in [2.75, 3.05) is 10.7 Å². The Morgan fingerprint density at radius 1 is 0.935 bits per heavy atom. The van der Waals surface area contributed by atoms with Gasteiger partial charge in [0.05, 0.1) is 18.1 Å². The molecular formula is C20H14FN9O. The normalized spacial score (nSPS) is 11.3. The van der Waals surface area contributed by atoms with Crippen molar-refractivity contribution in [1.82, 2.24) is 30.5 Å². The van der Waals surface area contributed by atoms with E-state index in [1.165, 1.54) is 12.1 Å². The Balaban J connectivity index is 1.42. The number of aromatic amines is 1. The predicted octanol–water partition coefficient (Wildman–Crippen LogP) is 3.73. The van der Waals surface area contributed by atoms with Crippen molar-refractivity contribution >= 4 is 34.8 Å².